The second-order valence-corrected chi connectivity index (χ2v) is 4.65. The highest BCUT2D eigenvalue weighted by Crippen LogP contribution is 2.12. The summed E-state index contributed by atoms with van der Waals surface area (Å²) in [4.78, 5) is 18.9. The van der Waals surface area contributed by atoms with E-state index in [0.29, 0.717) is 18.8 Å². The minimum Gasteiger partial charge on any atom is -0.376 e. The van der Waals surface area contributed by atoms with Crippen LogP contribution in [0.2, 0.25) is 0 Å². The van der Waals surface area contributed by atoms with Crippen molar-refractivity contribution in [2.24, 2.45) is 0 Å². The molecule has 1 aliphatic heterocycles. The summed E-state index contributed by atoms with van der Waals surface area (Å²) < 4.78 is 5.23. The minimum absolute atomic E-state index is 0.0357. The first-order valence-corrected chi connectivity index (χ1v) is 6.23. The molecule has 0 amide bonds. The lowest BCUT2D eigenvalue weighted by atomic mass is 10.1. The van der Waals surface area contributed by atoms with Crippen molar-refractivity contribution in [1.82, 2.24) is 9.97 Å². The van der Waals surface area contributed by atoms with Crippen molar-refractivity contribution in [3.05, 3.63) is 27.4 Å². The van der Waals surface area contributed by atoms with Gasteiger partial charge in [-0.3, -0.25) is 4.79 Å². The molecule has 4 nitrogen and oxygen atoms in total. The molecule has 82 valence electrons. The van der Waals surface area contributed by atoms with Crippen molar-refractivity contribution in [3.8, 4) is 0 Å². The van der Waals surface area contributed by atoms with Gasteiger partial charge in [0, 0.05) is 6.42 Å². The van der Waals surface area contributed by atoms with E-state index in [0.717, 1.165) is 29.4 Å². The van der Waals surface area contributed by atoms with Gasteiger partial charge in [0.15, 0.2) is 0 Å². The van der Waals surface area contributed by atoms with Gasteiger partial charge in [-0.25, -0.2) is 4.98 Å². The van der Waals surface area contributed by atoms with E-state index in [1.165, 1.54) is 0 Å². The number of nitrogens with one attached hydrogen (secondary N) is 1. The second-order valence-electron chi connectivity index (χ2n) is 3.38. The Bertz CT molecular complexity index is 403. The molecule has 0 aromatic carbocycles. The molecule has 2 rings (SSSR count). The molecular weight excluding hydrogens is 212 g/mol. The molecular formula is C10H14N2O2S. The highest BCUT2D eigenvalue weighted by atomic mass is 32.2. The molecule has 0 aliphatic carbocycles. The molecule has 0 bridgehead atoms. The number of aromatic nitrogens is 2. The van der Waals surface area contributed by atoms with Crippen LogP contribution in [0.4, 0.5) is 0 Å². The average molecular weight is 226 g/mol. The van der Waals surface area contributed by atoms with Crippen LogP contribution in [0.25, 0.3) is 0 Å². The molecule has 1 N–H and O–H groups in total. The third-order valence-electron chi connectivity index (χ3n) is 2.32. The average Bonchev–Trinajstić information content (AvgIpc) is 2.26. The van der Waals surface area contributed by atoms with Gasteiger partial charge in [0.2, 0.25) is 0 Å². The minimum atomic E-state index is -0.0357. The Kier molecular flexibility index (Phi) is 3.43. The summed E-state index contributed by atoms with van der Waals surface area (Å²) >= 11 is 1.76. The zero-order chi connectivity index (χ0) is 10.7. The van der Waals surface area contributed by atoms with E-state index in [9.17, 15) is 4.79 Å². The normalized spacial score (nSPS) is 15.0. The second kappa shape index (κ2) is 4.81. The summed E-state index contributed by atoms with van der Waals surface area (Å²) in [7, 11) is 0. The maximum absolute atomic E-state index is 11.7. The Morgan fingerprint density at radius 1 is 1.60 bits per heavy atom. The van der Waals surface area contributed by atoms with E-state index in [1.54, 1.807) is 11.8 Å². The summed E-state index contributed by atoms with van der Waals surface area (Å²) in [5, 5.41) is 0. The van der Waals surface area contributed by atoms with Crippen LogP contribution < -0.4 is 5.56 Å². The van der Waals surface area contributed by atoms with E-state index >= 15 is 0 Å². The molecule has 1 aromatic rings. The lowest BCUT2D eigenvalue weighted by Crippen LogP contribution is -2.25. The summed E-state index contributed by atoms with van der Waals surface area (Å²) in [6, 6.07) is 0. The van der Waals surface area contributed by atoms with Gasteiger partial charge in [-0.05, 0) is 5.75 Å². The van der Waals surface area contributed by atoms with Gasteiger partial charge in [-0.2, -0.15) is 11.8 Å². The zero-order valence-corrected chi connectivity index (χ0v) is 9.52. The molecule has 0 saturated carbocycles. The largest absolute Gasteiger partial charge is 0.376 e. The van der Waals surface area contributed by atoms with Crippen molar-refractivity contribution < 1.29 is 4.74 Å². The number of hydrogen-bond acceptors (Lipinski definition) is 4. The smallest absolute Gasteiger partial charge is 0.256 e. The van der Waals surface area contributed by atoms with E-state index in [-0.39, 0.29) is 5.56 Å². The number of aromatic amines is 1. The summed E-state index contributed by atoms with van der Waals surface area (Å²) in [5.74, 6) is 2.59. The molecule has 5 heteroatoms. The van der Waals surface area contributed by atoms with Crippen molar-refractivity contribution >= 4 is 11.8 Å². The molecule has 1 aliphatic rings. The van der Waals surface area contributed by atoms with E-state index in [1.807, 2.05) is 0 Å². The molecule has 0 fully saturated rings. The Labute approximate surface area is 92.5 Å². The monoisotopic (exact) mass is 226 g/mol. The lowest BCUT2D eigenvalue weighted by molar-refractivity contribution is 0.108. The molecule has 0 saturated heterocycles. The van der Waals surface area contributed by atoms with E-state index < -0.39 is 0 Å². The SMILES string of the molecule is CCSCc1nc2c(c(=O)[nH]1)COCC2. The van der Waals surface area contributed by atoms with Crippen LogP contribution in [-0.4, -0.2) is 22.3 Å². The van der Waals surface area contributed by atoms with Gasteiger partial charge < -0.3 is 9.72 Å². The molecule has 0 radical (unpaired) electrons. The van der Waals surface area contributed by atoms with Crippen LogP contribution in [0.5, 0.6) is 0 Å². The number of fused-ring (bicyclic) bond motifs is 1. The molecule has 0 unspecified atom stereocenters. The first-order chi connectivity index (χ1) is 7.31. The van der Waals surface area contributed by atoms with Gasteiger partial charge in [0.1, 0.15) is 5.82 Å². The zero-order valence-electron chi connectivity index (χ0n) is 8.71. The maximum atomic E-state index is 11.7. The number of H-pyrrole nitrogens is 1. The van der Waals surface area contributed by atoms with Gasteiger partial charge in [-0.15, -0.1) is 0 Å². The van der Waals surface area contributed by atoms with Crippen LogP contribution in [-0.2, 0) is 23.5 Å². The fraction of sp³-hybridized carbons (Fsp3) is 0.600. The topological polar surface area (TPSA) is 55.0 Å². The van der Waals surface area contributed by atoms with Gasteiger partial charge >= 0.3 is 0 Å². The molecule has 1 aromatic heterocycles. The number of hydrogen-bond donors (Lipinski definition) is 1. The van der Waals surface area contributed by atoms with E-state index in [4.69, 9.17) is 4.74 Å². The van der Waals surface area contributed by atoms with Gasteiger partial charge in [-0.1, -0.05) is 6.92 Å². The first kappa shape index (κ1) is 10.7. The summed E-state index contributed by atoms with van der Waals surface area (Å²) in [5.41, 5.74) is 1.58. The number of rotatable bonds is 3. The number of thioether (sulfide) groups is 1. The quantitative estimate of drug-likeness (QED) is 0.838. The Morgan fingerprint density at radius 2 is 2.47 bits per heavy atom. The van der Waals surface area contributed by atoms with Crippen molar-refractivity contribution in [2.75, 3.05) is 12.4 Å². The first-order valence-electron chi connectivity index (χ1n) is 5.07. The lowest BCUT2D eigenvalue weighted by Gasteiger charge is -2.15. The van der Waals surface area contributed by atoms with Crippen molar-refractivity contribution in [3.63, 3.8) is 0 Å². The third kappa shape index (κ3) is 2.41. The molecule has 0 atom stereocenters. The fourth-order valence-corrected chi connectivity index (χ4v) is 2.10. The Hall–Kier alpha value is -0.810. The maximum Gasteiger partial charge on any atom is 0.256 e. The number of ether oxygens (including phenoxy) is 1. The summed E-state index contributed by atoms with van der Waals surface area (Å²) in [6.45, 7) is 3.16. The fourth-order valence-electron chi connectivity index (χ4n) is 1.56. The molecule has 15 heavy (non-hydrogen) atoms. The predicted octanol–water partition coefficient (Wildman–Crippen LogP) is 1.10. The predicted molar refractivity (Wildman–Crippen MR) is 60.1 cm³/mol. The summed E-state index contributed by atoms with van der Waals surface area (Å²) in [6.07, 6.45) is 0.753. The standard InChI is InChI=1S/C10H14N2O2S/c1-2-15-6-9-11-8-3-4-14-5-7(8)10(13)12-9/h2-6H2,1H3,(H,11,12,13). The molecule has 0 spiro atoms. The Balaban J connectivity index is 2.28. The van der Waals surface area contributed by atoms with E-state index in [2.05, 4.69) is 16.9 Å². The van der Waals surface area contributed by atoms with Crippen molar-refractivity contribution in [1.29, 1.82) is 0 Å². The van der Waals surface area contributed by atoms with Crippen LogP contribution in [0, 0.1) is 0 Å². The van der Waals surface area contributed by atoms with Gasteiger partial charge in [0.25, 0.3) is 5.56 Å². The van der Waals surface area contributed by atoms with Crippen LogP contribution >= 0.6 is 11.8 Å². The number of nitrogens with zero attached hydrogens (tertiary/aromatic N) is 1. The van der Waals surface area contributed by atoms with Crippen LogP contribution in [0.1, 0.15) is 24.0 Å². The van der Waals surface area contributed by atoms with Gasteiger partial charge in [0.05, 0.1) is 30.2 Å². The third-order valence-corrected chi connectivity index (χ3v) is 3.21. The van der Waals surface area contributed by atoms with Crippen LogP contribution in [0.3, 0.4) is 0 Å². The highest BCUT2D eigenvalue weighted by molar-refractivity contribution is 7.98. The van der Waals surface area contributed by atoms with Crippen molar-refractivity contribution in [2.45, 2.75) is 25.7 Å². The van der Waals surface area contributed by atoms with Crippen LogP contribution in [0.15, 0.2) is 4.79 Å². The Morgan fingerprint density at radius 3 is 3.27 bits per heavy atom. The highest BCUT2D eigenvalue weighted by Gasteiger charge is 2.15. The molecule has 2 heterocycles.